The van der Waals surface area contributed by atoms with E-state index in [1.165, 1.54) is 0 Å². The van der Waals surface area contributed by atoms with E-state index < -0.39 is 20.6 Å². The summed E-state index contributed by atoms with van der Waals surface area (Å²) in [5, 5.41) is 13.3. The zero-order valence-corrected chi connectivity index (χ0v) is 11.7. The van der Waals surface area contributed by atoms with Gasteiger partial charge < -0.3 is 5.32 Å². The number of nitrogens with zero attached hydrogens (tertiary/aromatic N) is 1. The minimum Gasteiger partial charge on any atom is -0.377 e. The summed E-state index contributed by atoms with van der Waals surface area (Å²) in [5.74, 6) is -0.866. The molecule has 18 heavy (non-hydrogen) atoms. The monoisotopic (exact) mass is 340 g/mol. The third-order valence-corrected chi connectivity index (χ3v) is 3.77. The molecule has 0 unspecified atom stereocenters. The molecule has 0 aliphatic heterocycles. The van der Waals surface area contributed by atoms with Crippen molar-refractivity contribution in [1.29, 1.82) is 0 Å². The van der Waals surface area contributed by atoms with Crippen LogP contribution in [0.15, 0.2) is 16.6 Å². The minimum absolute atomic E-state index is 0.0400. The Morgan fingerprint density at radius 1 is 1.50 bits per heavy atom. The molecule has 0 saturated carbocycles. The van der Waals surface area contributed by atoms with Crippen LogP contribution in [0.2, 0.25) is 0 Å². The third kappa shape index (κ3) is 3.91. The van der Waals surface area contributed by atoms with Gasteiger partial charge in [0.2, 0.25) is 0 Å². The highest BCUT2D eigenvalue weighted by Crippen LogP contribution is 2.34. The average molecular weight is 341 g/mol. The Morgan fingerprint density at radius 2 is 2.11 bits per heavy atom. The number of nitro benzene ring substituents is 1. The number of halogens is 2. The SMILES string of the molecule is CS(=O)(=O)CCNc1c([N+](=O)[O-])ccc(F)c1Br. The van der Waals surface area contributed by atoms with E-state index in [-0.39, 0.29) is 28.1 Å². The van der Waals surface area contributed by atoms with Gasteiger partial charge in [-0.25, -0.2) is 12.8 Å². The summed E-state index contributed by atoms with van der Waals surface area (Å²) >= 11 is 2.89. The van der Waals surface area contributed by atoms with Crippen LogP contribution in [-0.4, -0.2) is 31.9 Å². The second-order valence-corrected chi connectivity index (χ2v) is 6.62. The van der Waals surface area contributed by atoms with Crippen molar-refractivity contribution in [3.63, 3.8) is 0 Å². The number of nitro groups is 1. The lowest BCUT2D eigenvalue weighted by molar-refractivity contribution is -0.384. The molecule has 1 N–H and O–H groups in total. The number of anilines is 1. The first-order valence-electron chi connectivity index (χ1n) is 4.76. The summed E-state index contributed by atoms with van der Waals surface area (Å²) in [5.41, 5.74) is -0.388. The smallest absolute Gasteiger partial charge is 0.293 e. The summed E-state index contributed by atoms with van der Waals surface area (Å²) in [4.78, 5) is 10.1. The van der Waals surface area contributed by atoms with Crippen molar-refractivity contribution in [2.45, 2.75) is 0 Å². The molecule has 0 radical (unpaired) electrons. The van der Waals surface area contributed by atoms with Crippen LogP contribution >= 0.6 is 15.9 Å². The highest BCUT2D eigenvalue weighted by Gasteiger charge is 2.19. The maximum Gasteiger partial charge on any atom is 0.293 e. The summed E-state index contributed by atoms with van der Waals surface area (Å²) in [6.45, 7) is -0.0400. The quantitative estimate of drug-likeness (QED) is 0.653. The molecule has 9 heteroatoms. The first-order chi connectivity index (χ1) is 8.22. The number of sulfone groups is 1. The van der Waals surface area contributed by atoms with Crippen molar-refractivity contribution >= 4 is 37.1 Å². The fourth-order valence-electron chi connectivity index (χ4n) is 1.22. The van der Waals surface area contributed by atoms with Gasteiger partial charge in [-0.05, 0) is 22.0 Å². The molecule has 6 nitrogen and oxygen atoms in total. The molecule has 1 aromatic carbocycles. The Hall–Kier alpha value is -1.22. The van der Waals surface area contributed by atoms with Gasteiger partial charge in [-0.1, -0.05) is 0 Å². The lowest BCUT2D eigenvalue weighted by atomic mass is 10.2. The average Bonchev–Trinajstić information content (AvgIpc) is 2.22. The molecule has 0 aromatic heterocycles. The van der Waals surface area contributed by atoms with Crippen LogP contribution in [0.4, 0.5) is 15.8 Å². The van der Waals surface area contributed by atoms with Crippen molar-refractivity contribution in [2.75, 3.05) is 23.9 Å². The lowest BCUT2D eigenvalue weighted by Crippen LogP contribution is -2.15. The molecule has 1 rings (SSSR count). The molecule has 0 bridgehead atoms. The van der Waals surface area contributed by atoms with Gasteiger partial charge in [0, 0.05) is 18.9 Å². The molecule has 0 fully saturated rings. The zero-order chi connectivity index (χ0) is 13.9. The van der Waals surface area contributed by atoms with Crippen molar-refractivity contribution in [3.05, 3.63) is 32.5 Å². The van der Waals surface area contributed by atoms with Crippen LogP contribution in [-0.2, 0) is 9.84 Å². The van der Waals surface area contributed by atoms with E-state index in [0.717, 1.165) is 18.4 Å². The largest absolute Gasteiger partial charge is 0.377 e. The second kappa shape index (κ2) is 5.61. The summed E-state index contributed by atoms with van der Waals surface area (Å²) < 4.78 is 35.0. The number of hydrogen-bond acceptors (Lipinski definition) is 5. The third-order valence-electron chi connectivity index (χ3n) is 2.04. The predicted octanol–water partition coefficient (Wildman–Crippen LogP) is 1.95. The van der Waals surface area contributed by atoms with Crippen LogP contribution in [0.1, 0.15) is 0 Å². The molecular formula is C9H10BrFN2O4S. The van der Waals surface area contributed by atoms with E-state index in [4.69, 9.17) is 0 Å². The molecular weight excluding hydrogens is 331 g/mol. The summed E-state index contributed by atoms with van der Waals surface area (Å²) in [6, 6.07) is 1.98. The van der Waals surface area contributed by atoms with Crippen LogP contribution in [0, 0.1) is 15.9 Å². The van der Waals surface area contributed by atoms with Gasteiger partial charge in [-0.3, -0.25) is 10.1 Å². The highest BCUT2D eigenvalue weighted by atomic mass is 79.9. The van der Waals surface area contributed by atoms with Gasteiger partial charge >= 0.3 is 0 Å². The van der Waals surface area contributed by atoms with Gasteiger partial charge in [0.05, 0.1) is 15.1 Å². The van der Waals surface area contributed by atoms with Crippen LogP contribution in [0.25, 0.3) is 0 Å². The maximum absolute atomic E-state index is 13.3. The second-order valence-electron chi connectivity index (χ2n) is 3.57. The highest BCUT2D eigenvalue weighted by molar-refractivity contribution is 9.10. The maximum atomic E-state index is 13.3. The number of benzene rings is 1. The Balaban J connectivity index is 2.99. The Labute approximate surface area is 111 Å². The molecule has 0 atom stereocenters. The first-order valence-corrected chi connectivity index (χ1v) is 7.61. The predicted molar refractivity (Wildman–Crippen MR) is 69.0 cm³/mol. The molecule has 0 spiro atoms. The van der Waals surface area contributed by atoms with Crippen LogP contribution < -0.4 is 5.32 Å². The van der Waals surface area contributed by atoms with Crippen molar-refractivity contribution < 1.29 is 17.7 Å². The Morgan fingerprint density at radius 3 is 2.61 bits per heavy atom. The van der Waals surface area contributed by atoms with E-state index in [1.54, 1.807) is 0 Å². The standard InChI is InChI=1S/C9H10BrFN2O4S/c1-18(16,17)5-4-12-9-7(13(14)15)3-2-6(11)8(9)10/h2-3,12H,4-5H2,1H3. The van der Waals surface area contributed by atoms with Gasteiger partial charge in [0.15, 0.2) is 0 Å². The summed E-state index contributed by atoms with van der Waals surface area (Å²) in [7, 11) is -3.19. The number of nitrogens with one attached hydrogen (secondary N) is 1. The molecule has 0 aliphatic carbocycles. The zero-order valence-electron chi connectivity index (χ0n) is 9.31. The van der Waals surface area contributed by atoms with E-state index in [2.05, 4.69) is 21.2 Å². The lowest BCUT2D eigenvalue weighted by Gasteiger charge is -2.09. The molecule has 100 valence electrons. The minimum atomic E-state index is -3.19. The fourth-order valence-corrected chi connectivity index (χ4v) is 2.17. The van der Waals surface area contributed by atoms with E-state index in [1.807, 2.05) is 0 Å². The van der Waals surface area contributed by atoms with Crippen molar-refractivity contribution in [1.82, 2.24) is 0 Å². The van der Waals surface area contributed by atoms with Crippen molar-refractivity contribution in [2.24, 2.45) is 0 Å². The van der Waals surface area contributed by atoms with Gasteiger partial charge in [0.25, 0.3) is 5.69 Å². The normalized spacial score (nSPS) is 11.3. The molecule has 0 aliphatic rings. The number of hydrogen-bond donors (Lipinski definition) is 1. The topological polar surface area (TPSA) is 89.3 Å². The summed E-state index contributed by atoms with van der Waals surface area (Å²) in [6.07, 6.45) is 1.05. The number of rotatable bonds is 5. The van der Waals surface area contributed by atoms with E-state index >= 15 is 0 Å². The molecule has 0 amide bonds. The molecule has 0 heterocycles. The fraction of sp³-hybridized carbons (Fsp3) is 0.333. The van der Waals surface area contributed by atoms with Gasteiger partial charge in [-0.15, -0.1) is 0 Å². The van der Waals surface area contributed by atoms with Crippen LogP contribution in [0.5, 0.6) is 0 Å². The Kier molecular flexibility index (Phi) is 4.63. The molecule has 1 aromatic rings. The van der Waals surface area contributed by atoms with Gasteiger partial charge in [0.1, 0.15) is 21.3 Å². The van der Waals surface area contributed by atoms with Gasteiger partial charge in [-0.2, -0.15) is 0 Å². The Bertz CT molecular complexity index is 576. The molecule has 0 saturated heterocycles. The van der Waals surface area contributed by atoms with Crippen LogP contribution in [0.3, 0.4) is 0 Å². The van der Waals surface area contributed by atoms with E-state index in [0.29, 0.717) is 0 Å². The van der Waals surface area contributed by atoms with Crippen molar-refractivity contribution in [3.8, 4) is 0 Å². The first kappa shape index (κ1) is 14.8. The van der Waals surface area contributed by atoms with E-state index in [9.17, 15) is 22.9 Å².